The summed E-state index contributed by atoms with van der Waals surface area (Å²) in [6, 6.07) is 58.0. The minimum absolute atomic E-state index is 0.153. The Morgan fingerprint density at radius 3 is 2.06 bits per heavy atom. The van der Waals surface area contributed by atoms with Crippen LogP contribution in [0, 0.1) is 0 Å². The monoisotopic (exact) mass is 691 g/mol. The van der Waals surface area contributed by atoms with Crippen molar-refractivity contribution in [2.75, 3.05) is 0 Å². The molecule has 0 bridgehead atoms. The van der Waals surface area contributed by atoms with Gasteiger partial charge in [-0.05, 0) is 55.4 Å². The van der Waals surface area contributed by atoms with Crippen molar-refractivity contribution in [2.45, 2.75) is 25.3 Å². The van der Waals surface area contributed by atoms with Gasteiger partial charge in [0.15, 0.2) is 11.8 Å². The first-order valence-electron chi connectivity index (χ1n) is 17.9. The molecule has 7 aromatic carbocycles. The van der Waals surface area contributed by atoms with Gasteiger partial charge in [-0.2, -0.15) is 5.10 Å². The van der Waals surface area contributed by atoms with E-state index in [4.69, 9.17) is 21.6 Å². The molecule has 7 aromatic rings. The fraction of sp³-hybridized carbons (Fsp3) is 0.0870. The average Bonchev–Trinajstić information content (AvgIpc) is 3.21. The van der Waals surface area contributed by atoms with Crippen molar-refractivity contribution in [3.05, 3.63) is 209 Å². The third-order valence-electron chi connectivity index (χ3n) is 9.62. The summed E-state index contributed by atoms with van der Waals surface area (Å²) in [5.41, 5.74) is 20.9. The molecule has 6 N–H and O–H groups in total. The van der Waals surface area contributed by atoms with Crippen molar-refractivity contribution in [3.8, 4) is 0 Å². The summed E-state index contributed by atoms with van der Waals surface area (Å²) in [4.78, 5) is 4.99. The minimum atomic E-state index is -0.492. The van der Waals surface area contributed by atoms with Gasteiger partial charge in [0.2, 0.25) is 0 Å². The Bertz CT molecular complexity index is 2430. The first-order chi connectivity index (χ1) is 26.1. The maximum atomic E-state index is 6.79. The zero-order valence-corrected chi connectivity index (χ0v) is 29.3. The van der Waals surface area contributed by atoms with Crippen LogP contribution in [-0.2, 0) is 13.1 Å². The van der Waals surface area contributed by atoms with Crippen LogP contribution >= 0.6 is 0 Å². The van der Waals surface area contributed by atoms with Gasteiger partial charge in [-0.15, -0.1) is 0 Å². The molecule has 260 valence electrons. The Balaban J connectivity index is 1.04. The Hall–Kier alpha value is -6.70. The lowest BCUT2D eigenvalue weighted by atomic mass is 10.0. The lowest BCUT2D eigenvalue weighted by Gasteiger charge is -2.26. The zero-order chi connectivity index (χ0) is 36.0. The Morgan fingerprint density at radius 1 is 0.679 bits per heavy atom. The number of nitrogens with one attached hydrogen (secondary N) is 2. The summed E-state index contributed by atoms with van der Waals surface area (Å²) in [6.45, 7) is 1.14. The summed E-state index contributed by atoms with van der Waals surface area (Å²) in [5.74, 6) is 1.10. The van der Waals surface area contributed by atoms with E-state index in [9.17, 15) is 0 Å². The molecule has 0 radical (unpaired) electrons. The second-order valence-electron chi connectivity index (χ2n) is 13.2. The standard InChI is InChI=1S/C46H41N7/c47-44(51-46-49-42(35-15-3-1-4-16-35)29-43(50-46)36-17-5-2-6-18-36)37-27-25-32(26-28-37)30-53(31-38-21-11-19-33-13-7-9-22-39(33)38)52-45(48)41-24-12-20-34-14-8-10-23-40(34)41/h1-29,42,44H,30-31,47H2,(H2,48,52)(H2,49,50,51). The maximum absolute atomic E-state index is 6.79. The van der Waals surface area contributed by atoms with E-state index in [2.05, 4.69) is 126 Å². The molecule has 0 aromatic heterocycles. The van der Waals surface area contributed by atoms with Gasteiger partial charge in [0.05, 0.1) is 19.1 Å². The summed E-state index contributed by atoms with van der Waals surface area (Å²) in [7, 11) is 0. The topological polar surface area (TPSA) is 104 Å². The van der Waals surface area contributed by atoms with E-state index >= 15 is 0 Å². The van der Waals surface area contributed by atoms with E-state index in [1.54, 1.807) is 0 Å². The highest BCUT2D eigenvalue weighted by Gasteiger charge is 2.20. The van der Waals surface area contributed by atoms with Crippen molar-refractivity contribution < 1.29 is 0 Å². The van der Waals surface area contributed by atoms with Gasteiger partial charge in [0.1, 0.15) is 6.17 Å². The highest BCUT2D eigenvalue weighted by atomic mass is 15.5. The largest absolute Gasteiger partial charge is 0.382 e. The van der Waals surface area contributed by atoms with E-state index in [1.807, 2.05) is 65.7 Å². The van der Waals surface area contributed by atoms with Crippen LogP contribution in [-0.4, -0.2) is 16.8 Å². The normalized spacial score (nSPS) is 15.0. The van der Waals surface area contributed by atoms with Gasteiger partial charge in [-0.3, -0.25) is 5.01 Å². The van der Waals surface area contributed by atoms with Gasteiger partial charge in [-0.25, -0.2) is 4.99 Å². The molecule has 0 fully saturated rings. The molecule has 8 rings (SSSR count). The molecule has 1 aliphatic rings. The zero-order valence-electron chi connectivity index (χ0n) is 29.3. The molecule has 53 heavy (non-hydrogen) atoms. The first-order valence-corrected chi connectivity index (χ1v) is 17.9. The number of rotatable bonds is 10. The highest BCUT2D eigenvalue weighted by Crippen LogP contribution is 2.27. The number of hydrogen-bond acceptors (Lipinski definition) is 6. The number of nitrogens with two attached hydrogens (primary N) is 2. The smallest absolute Gasteiger partial charge is 0.198 e. The predicted octanol–water partition coefficient (Wildman–Crippen LogP) is 8.60. The van der Waals surface area contributed by atoms with Gasteiger partial charge in [0.25, 0.3) is 0 Å². The SMILES string of the molecule is N/C(=N\N(Cc1ccc(C(N)NC2=NC(c3ccccc3)C=C(c3ccccc3)N2)cc1)Cc1cccc2ccccc12)c1cccc2ccccc12. The van der Waals surface area contributed by atoms with E-state index in [-0.39, 0.29) is 6.04 Å². The molecular weight excluding hydrogens is 651 g/mol. The molecule has 0 saturated heterocycles. The van der Waals surface area contributed by atoms with Gasteiger partial charge < -0.3 is 22.1 Å². The van der Waals surface area contributed by atoms with E-state index in [0.29, 0.717) is 24.9 Å². The fourth-order valence-electron chi connectivity index (χ4n) is 6.90. The van der Waals surface area contributed by atoms with Crippen LogP contribution in [0.4, 0.5) is 0 Å². The molecule has 0 saturated carbocycles. The van der Waals surface area contributed by atoms with Crippen molar-refractivity contribution in [3.63, 3.8) is 0 Å². The molecule has 1 aliphatic heterocycles. The molecule has 7 nitrogen and oxygen atoms in total. The molecule has 0 aliphatic carbocycles. The van der Waals surface area contributed by atoms with Crippen LogP contribution in [0.3, 0.4) is 0 Å². The molecule has 0 spiro atoms. The molecule has 7 heteroatoms. The molecule has 1 heterocycles. The Kier molecular flexibility index (Phi) is 9.64. The van der Waals surface area contributed by atoms with Crippen LogP contribution in [0.2, 0.25) is 0 Å². The third-order valence-corrected chi connectivity index (χ3v) is 9.62. The van der Waals surface area contributed by atoms with E-state index < -0.39 is 6.17 Å². The highest BCUT2D eigenvalue weighted by molar-refractivity contribution is 6.08. The van der Waals surface area contributed by atoms with Crippen LogP contribution in [0.5, 0.6) is 0 Å². The quantitative estimate of drug-likeness (QED) is 0.0498. The molecular formula is C46H41N7. The number of amidine groups is 1. The van der Waals surface area contributed by atoms with Crippen molar-refractivity contribution >= 4 is 39.0 Å². The maximum Gasteiger partial charge on any atom is 0.198 e. The summed E-state index contributed by atoms with van der Waals surface area (Å²) < 4.78 is 0. The first kappa shape index (κ1) is 33.4. The molecule has 2 unspecified atom stereocenters. The number of hydrogen-bond donors (Lipinski definition) is 4. The third kappa shape index (κ3) is 7.66. The van der Waals surface area contributed by atoms with Crippen molar-refractivity contribution in [1.29, 1.82) is 0 Å². The number of fused-ring (bicyclic) bond motifs is 2. The van der Waals surface area contributed by atoms with Crippen molar-refractivity contribution in [2.24, 2.45) is 21.6 Å². The fourth-order valence-corrected chi connectivity index (χ4v) is 6.90. The van der Waals surface area contributed by atoms with Crippen LogP contribution in [0.25, 0.3) is 27.2 Å². The number of guanidine groups is 1. The summed E-state index contributed by atoms with van der Waals surface area (Å²) >= 11 is 0. The minimum Gasteiger partial charge on any atom is -0.382 e. The molecule has 2 atom stereocenters. The second-order valence-corrected chi connectivity index (χ2v) is 13.2. The number of nitrogens with zero attached hydrogens (tertiary/aromatic N) is 3. The lowest BCUT2D eigenvalue weighted by Crippen LogP contribution is -2.43. The molecule has 0 amide bonds. The van der Waals surface area contributed by atoms with Crippen LogP contribution < -0.4 is 22.1 Å². The predicted molar refractivity (Wildman–Crippen MR) is 219 cm³/mol. The number of hydrazone groups is 1. The number of benzene rings is 7. The van der Waals surface area contributed by atoms with E-state index in [1.165, 1.54) is 16.3 Å². The Labute approximate surface area is 310 Å². The lowest BCUT2D eigenvalue weighted by molar-refractivity contribution is 0.271. The van der Waals surface area contributed by atoms with Crippen LogP contribution in [0.15, 0.2) is 186 Å². The van der Waals surface area contributed by atoms with Crippen LogP contribution in [0.1, 0.15) is 45.6 Å². The van der Waals surface area contributed by atoms with E-state index in [0.717, 1.165) is 44.3 Å². The van der Waals surface area contributed by atoms with Gasteiger partial charge in [-0.1, -0.05) is 170 Å². The van der Waals surface area contributed by atoms with Gasteiger partial charge in [0, 0.05) is 11.3 Å². The summed E-state index contributed by atoms with van der Waals surface area (Å²) in [6.07, 6.45) is 1.66. The Morgan fingerprint density at radius 2 is 1.30 bits per heavy atom. The van der Waals surface area contributed by atoms with Gasteiger partial charge >= 0.3 is 0 Å². The summed E-state index contributed by atoms with van der Waals surface area (Å²) in [5, 5.41) is 18.6. The second kappa shape index (κ2) is 15.3. The average molecular weight is 692 g/mol. The number of aliphatic imine (C=N–C) groups is 1. The van der Waals surface area contributed by atoms with Crippen molar-refractivity contribution in [1.82, 2.24) is 15.6 Å².